The molecule has 0 aliphatic carbocycles. The van der Waals surface area contributed by atoms with Gasteiger partial charge in [-0.05, 0) is 31.5 Å². The Kier molecular flexibility index (Phi) is 4.14. The van der Waals surface area contributed by atoms with Crippen LogP contribution in [0.25, 0.3) is 0 Å². The van der Waals surface area contributed by atoms with Crippen molar-refractivity contribution in [1.82, 2.24) is 4.90 Å². The van der Waals surface area contributed by atoms with E-state index in [0.29, 0.717) is 11.3 Å². The molecule has 2 rings (SSSR count). The van der Waals surface area contributed by atoms with E-state index >= 15 is 0 Å². The van der Waals surface area contributed by atoms with Crippen LogP contribution in [0.4, 0.5) is 5.69 Å². The number of aryl methyl sites for hydroxylation is 1. The van der Waals surface area contributed by atoms with Crippen LogP contribution in [0.1, 0.15) is 22.8 Å². The summed E-state index contributed by atoms with van der Waals surface area (Å²) < 4.78 is 0. The van der Waals surface area contributed by atoms with Crippen LogP contribution in [0.2, 0.25) is 0 Å². The first-order valence-corrected chi connectivity index (χ1v) is 7.25. The normalized spacial score (nSPS) is 19.7. The number of carbonyl (C=O) groups excluding carboxylic acids is 1. The van der Waals surface area contributed by atoms with Crippen molar-refractivity contribution in [1.29, 1.82) is 0 Å². The van der Waals surface area contributed by atoms with Gasteiger partial charge < -0.3 is 10.3 Å². The Morgan fingerprint density at radius 1 is 1.56 bits per heavy atom. The molecule has 0 bridgehead atoms. The molecule has 4 nitrogen and oxygen atoms in total. The van der Waals surface area contributed by atoms with E-state index in [-0.39, 0.29) is 11.9 Å². The van der Waals surface area contributed by atoms with Crippen molar-refractivity contribution in [2.75, 3.05) is 23.5 Å². The van der Waals surface area contributed by atoms with Crippen molar-refractivity contribution >= 4 is 23.4 Å². The number of carbonyl (C=O) groups is 1. The van der Waals surface area contributed by atoms with Crippen molar-refractivity contribution in [3.8, 4) is 0 Å². The minimum atomic E-state index is 0.0655. The van der Waals surface area contributed by atoms with Crippen molar-refractivity contribution in [2.24, 2.45) is 5.84 Å². The molecule has 0 saturated carbocycles. The smallest absolute Gasteiger partial charge is 0.256 e. The first kappa shape index (κ1) is 13.2. The predicted molar refractivity (Wildman–Crippen MR) is 76.8 cm³/mol. The second-order valence-corrected chi connectivity index (χ2v) is 5.77. The number of anilines is 1. The Bertz CT molecular complexity index is 450. The molecular weight excluding hydrogens is 246 g/mol. The second-order valence-electron chi connectivity index (χ2n) is 4.62. The number of nitrogens with zero attached hydrogens (tertiary/aromatic N) is 1. The average molecular weight is 265 g/mol. The van der Waals surface area contributed by atoms with Crippen molar-refractivity contribution in [3.63, 3.8) is 0 Å². The molecule has 1 aromatic carbocycles. The highest BCUT2D eigenvalue weighted by Gasteiger charge is 2.25. The Morgan fingerprint density at radius 3 is 3.00 bits per heavy atom. The number of hydrazine groups is 1. The summed E-state index contributed by atoms with van der Waals surface area (Å²) in [6.45, 7) is 4.88. The minimum Gasteiger partial charge on any atom is -0.334 e. The summed E-state index contributed by atoms with van der Waals surface area (Å²) >= 11 is 1.90. The molecule has 1 fully saturated rings. The van der Waals surface area contributed by atoms with Gasteiger partial charge in [0, 0.05) is 24.1 Å². The van der Waals surface area contributed by atoms with Crippen molar-refractivity contribution in [3.05, 3.63) is 29.3 Å². The molecule has 18 heavy (non-hydrogen) atoms. The number of nitrogens with two attached hydrogens (primary N) is 1. The zero-order valence-corrected chi connectivity index (χ0v) is 11.6. The number of amides is 1. The first-order valence-electron chi connectivity index (χ1n) is 6.09. The molecule has 1 amide bonds. The van der Waals surface area contributed by atoms with Gasteiger partial charge in [-0.25, -0.2) is 0 Å². The molecule has 0 radical (unpaired) electrons. The quantitative estimate of drug-likeness (QED) is 0.633. The van der Waals surface area contributed by atoms with Gasteiger partial charge in [-0.15, -0.1) is 0 Å². The van der Waals surface area contributed by atoms with E-state index in [9.17, 15) is 4.79 Å². The molecule has 1 aliphatic rings. The van der Waals surface area contributed by atoms with Gasteiger partial charge in [0.05, 0.1) is 11.3 Å². The highest BCUT2D eigenvalue weighted by Crippen LogP contribution is 2.23. The maximum Gasteiger partial charge on any atom is 0.256 e. The van der Waals surface area contributed by atoms with Crippen LogP contribution in [-0.2, 0) is 0 Å². The third kappa shape index (κ3) is 2.62. The fourth-order valence-corrected chi connectivity index (χ4v) is 3.16. The summed E-state index contributed by atoms with van der Waals surface area (Å²) in [6.07, 6.45) is 0. The number of hydrogen-bond donors (Lipinski definition) is 2. The highest BCUT2D eigenvalue weighted by molar-refractivity contribution is 7.99. The maximum atomic E-state index is 12.5. The first-order chi connectivity index (χ1) is 8.63. The molecule has 0 spiro atoms. The van der Waals surface area contributed by atoms with E-state index in [2.05, 4.69) is 12.3 Å². The number of benzene rings is 1. The molecule has 3 N–H and O–H groups in total. The lowest BCUT2D eigenvalue weighted by Gasteiger charge is -2.33. The van der Waals surface area contributed by atoms with Gasteiger partial charge in [0.15, 0.2) is 0 Å². The van der Waals surface area contributed by atoms with Gasteiger partial charge in [0.1, 0.15) is 0 Å². The molecule has 1 unspecified atom stereocenters. The molecule has 1 heterocycles. The monoisotopic (exact) mass is 265 g/mol. The van der Waals surface area contributed by atoms with Crippen LogP contribution in [0.3, 0.4) is 0 Å². The molecule has 1 aromatic rings. The molecule has 1 saturated heterocycles. The van der Waals surface area contributed by atoms with E-state index in [1.54, 1.807) is 0 Å². The summed E-state index contributed by atoms with van der Waals surface area (Å²) in [5.41, 5.74) is 5.06. The Labute approximate surface area is 112 Å². The zero-order valence-electron chi connectivity index (χ0n) is 10.8. The third-order valence-corrected chi connectivity index (χ3v) is 4.38. The molecule has 0 aromatic heterocycles. The van der Waals surface area contributed by atoms with E-state index in [4.69, 9.17) is 5.84 Å². The SMILES string of the molecule is Cc1ccc(C(=O)N2CCSCC2C)c(NN)c1. The van der Waals surface area contributed by atoms with E-state index in [1.807, 2.05) is 41.8 Å². The van der Waals surface area contributed by atoms with Crippen molar-refractivity contribution in [2.45, 2.75) is 19.9 Å². The van der Waals surface area contributed by atoms with Crippen LogP contribution in [0, 0.1) is 6.92 Å². The number of hydrogen-bond acceptors (Lipinski definition) is 4. The topological polar surface area (TPSA) is 58.4 Å². The van der Waals surface area contributed by atoms with E-state index in [0.717, 1.165) is 23.6 Å². The minimum absolute atomic E-state index is 0.0655. The molecule has 98 valence electrons. The summed E-state index contributed by atoms with van der Waals surface area (Å²) in [5.74, 6) is 7.57. The summed E-state index contributed by atoms with van der Waals surface area (Å²) in [7, 11) is 0. The third-order valence-electron chi connectivity index (χ3n) is 3.19. The fraction of sp³-hybridized carbons (Fsp3) is 0.462. The fourth-order valence-electron chi connectivity index (χ4n) is 2.15. The highest BCUT2D eigenvalue weighted by atomic mass is 32.2. The van der Waals surface area contributed by atoms with E-state index < -0.39 is 0 Å². The number of nitrogen functional groups attached to an aromatic ring is 1. The number of nitrogens with one attached hydrogen (secondary N) is 1. The van der Waals surface area contributed by atoms with Gasteiger partial charge in [0.25, 0.3) is 5.91 Å². The largest absolute Gasteiger partial charge is 0.334 e. The van der Waals surface area contributed by atoms with E-state index in [1.165, 1.54) is 0 Å². The lowest BCUT2D eigenvalue weighted by Crippen LogP contribution is -2.44. The van der Waals surface area contributed by atoms with Gasteiger partial charge >= 0.3 is 0 Å². The molecule has 1 aliphatic heterocycles. The molecule has 1 atom stereocenters. The van der Waals surface area contributed by atoms with Crippen LogP contribution >= 0.6 is 11.8 Å². The lowest BCUT2D eigenvalue weighted by molar-refractivity contribution is 0.0717. The Balaban J connectivity index is 2.27. The van der Waals surface area contributed by atoms with Crippen LogP contribution in [0.15, 0.2) is 18.2 Å². The number of rotatable bonds is 2. The van der Waals surface area contributed by atoms with Gasteiger partial charge in [-0.1, -0.05) is 6.07 Å². The van der Waals surface area contributed by atoms with Crippen LogP contribution in [0.5, 0.6) is 0 Å². The second kappa shape index (κ2) is 5.63. The van der Waals surface area contributed by atoms with Gasteiger partial charge in [-0.3, -0.25) is 10.6 Å². The summed E-state index contributed by atoms with van der Waals surface area (Å²) in [6, 6.07) is 5.97. The average Bonchev–Trinajstić information content (AvgIpc) is 2.38. The van der Waals surface area contributed by atoms with Gasteiger partial charge in [-0.2, -0.15) is 11.8 Å². The van der Waals surface area contributed by atoms with Crippen LogP contribution in [-0.4, -0.2) is 34.9 Å². The van der Waals surface area contributed by atoms with Crippen molar-refractivity contribution < 1.29 is 4.79 Å². The predicted octanol–water partition coefficient (Wildman–Crippen LogP) is 1.86. The van der Waals surface area contributed by atoms with Gasteiger partial charge in [0.2, 0.25) is 0 Å². The Hall–Kier alpha value is -1.20. The maximum absolute atomic E-state index is 12.5. The summed E-state index contributed by atoms with van der Waals surface area (Å²) in [5, 5.41) is 0. The Morgan fingerprint density at radius 2 is 2.33 bits per heavy atom. The molecule has 5 heteroatoms. The lowest BCUT2D eigenvalue weighted by atomic mass is 10.1. The standard InChI is InChI=1S/C13H19N3OS/c1-9-3-4-11(12(7-9)15-14)13(17)16-5-6-18-8-10(16)2/h3-4,7,10,15H,5-6,8,14H2,1-2H3. The zero-order chi connectivity index (χ0) is 13.1. The molecular formula is C13H19N3OS. The number of thioether (sulfide) groups is 1. The van der Waals surface area contributed by atoms with Crippen LogP contribution < -0.4 is 11.3 Å². The summed E-state index contributed by atoms with van der Waals surface area (Å²) in [4.78, 5) is 14.5.